The van der Waals surface area contributed by atoms with E-state index < -0.39 is 0 Å². The molecule has 2 heterocycles. The average molecular weight is 175 g/mol. The fraction of sp³-hybridized carbons (Fsp3) is 0.273. The summed E-state index contributed by atoms with van der Waals surface area (Å²) in [6, 6.07) is 8.34. The molecule has 0 saturated heterocycles. The number of nitrogens with zero attached hydrogens (tertiary/aromatic N) is 1. The average Bonchev–Trinajstić information content (AvgIpc) is 2.72. The van der Waals surface area contributed by atoms with Crippen LogP contribution in [0.2, 0.25) is 0 Å². The van der Waals surface area contributed by atoms with Crippen molar-refractivity contribution in [2.45, 2.75) is 19.9 Å². The lowest BCUT2D eigenvalue weighted by molar-refractivity contribution is 0.430. The van der Waals surface area contributed by atoms with Crippen molar-refractivity contribution in [3.05, 3.63) is 48.2 Å². The maximum atomic E-state index is 5.55. The Morgan fingerprint density at radius 3 is 2.46 bits per heavy atom. The van der Waals surface area contributed by atoms with E-state index in [0.29, 0.717) is 0 Å². The van der Waals surface area contributed by atoms with Gasteiger partial charge in [-0.2, -0.15) is 0 Å². The van der Waals surface area contributed by atoms with Crippen molar-refractivity contribution in [2.75, 3.05) is 0 Å². The minimum atomic E-state index is 0.281. The highest BCUT2D eigenvalue weighted by molar-refractivity contribution is 5.11. The second-order valence-electron chi connectivity index (χ2n) is 3.25. The fourth-order valence-corrected chi connectivity index (χ4v) is 1.43. The van der Waals surface area contributed by atoms with Crippen LogP contribution in [0, 0.1) is 6.92 Å². The number of aryl methyl sites for hydroxylation is 1. The molecule has 0 spiro atoms. The van der Waals surface area contributed by atoms with E-state index in [2.05, 4.69) is 11.5 Å². The van der Waals surface area contributed by atoms with E-state index in [1.54, 1.807) is 0 Å². The van der Waals surface area contributed by atoms with Crippen molar-refractivity contribution in [2.24, 2.45) is 0 Å². The zero-order chi connectivity index (χ0) is 9.26. The molecule has 2 aromatic rings. The molecule has 68 valence electrons. The monoisotopic (exact) mass is 175 g/mol. The molecule has 2 heteroatoms. The Hall–Kier alpha value is -1.44. The molecule has 0 aliphatic carbocycles. The Bertz CT molecular complexity index is 372. The van der Waals surface area contributed by atoms with Gasteiger partial charge in [0, 0.05) is 12.4 Å². The molecule has 0 amide bonds. The van der Waals surface area contributed by atoms with E-state index in [0.717, 1.165) is 11.5 Å². The number of aromatic nitrogens is 1. The van der Waals surface area contributed by atoms with Crippen molar-refractivity contribution in [3.63, 3.8) is 0 Å². The highest BCUT2D eigenvalue weighted by atomic mass is 16.3. The topological polar surface area (TPSA) is 18.1 Å². The summed E-state index contributed by atoms with van der Waals surface area (Å²) in [5.41, 5.74) is 0. The van der Waals surface area contributed by atoms with Gasteiger partial charge in [0.2, 0.25) is 0 Å². The van der Waals surface area contributed by atoms with Crippen molar-refractivity contribution in [1.82, 2.24) is 4.57 Å². The summed E-state index contributed by atoms with van der Waals surface area (Å²) < 4.78 is 7.67. The number of rotatable bonds is 2. The molecule has 0 saturated carbocycles. The summed E-state index contributed by atoms with van der Waals surface area (Å²) in [5.74, 6) is 1.97. The molecule has 0 N–H and O–H groups in total. The molecule has 2 rings (SSSR count). The first-order valence-corrected chi connectivity index (χ1v) is 4.46. The van der Waals surface area contributed by atoms with E-state index >= 15 is 0 Å². The molecule has 1 unspecified atom stereocenters. The van der Waals surface area contributed by atoms with Gasteiger partial charge in [-0.1, -0.05) is 0 Å². The molecule has 0 aliphatic heterocycles. The zero-order valence-electron chi connectivity index (χ0n) is 7.90. The molecule has 1 atom stereocenters. The summed E-state index contributed by atoms with van der Waals surface area (Å²) in [5, 5.41) is 0. The van der Waals surface area contributed by atoms with E-state index in [1.807, 2.05) is 43.6 Å². The van der Waals surface area contributed by atoms with Crippen molar-refractivity contribution in [3.8, 4) is 0 Å². The smallest absolute Gasteiger partial charge is 0.126 e. The van der Waals surface area contributed by atoms with Crippen molar-refractivity contribution in [1.29, 1.82) is 0 Å². The highest BCUT2D eigenvalue weighted by Crippen LogP contribution is 2.19. The van der Waals surface area contributed by atoms with Gasteiger partial charge in [-0.3, -0.25) is 0 Å². The van der Waals surface area contributed by atoms with Gasteiger partial charge in [0.15, 0.2) is 0 Å². The predicted molar refractivity (Wildman–Crippen MR) is 51.7 cm³/mol. The van der Waals surface area contributed by atoms with Crippen LogP contribution in [0.25, 0.3) is 0 Å². The lowest BCUT2D eigenvalue weighted by Gasteiger charge is -2.09. The van der Waals surface area contributed by atoms with Crippen LogP contribution < -0.4 is 0 Å². The number of furan rings is 1. The van der Waals surface area contributed by atoms with Crippen LogP contribution in [-0.2, 0) is 0 Å². The van der Waals surface area contributed by atoms with Crippen molar-refractivity contribution >= 4 is 0 Å². The largest absolute Gasteiger partial charge is 0.464 e. The fourth-order valence-electron chi connectivity index (χ4n) is 1.43. The van der Waals surface area contributed by atoms with Gasteiger partial charge in [-0.05, 0) is 38.1 Å². The summed E-state index contributed by atoms with van der Waals surface area (Å²) >= 11 is 0. The molecule has 0 bridgehead atoms. The van der Waals surface area contributed by atoms with Crippen LogP contribution in [0.15, 0.2) is 41.1 Å². The van der Waals surface area contributed by atoms with Gasteiger partial charge in [0.1, 0.15) is 11.5 Å². The number of hydrogen-bond donors (Lipinski definition) is 0. The van der Waals surface area contributed by atoms with Crippen molar-refractivity contribution < 1.29 is 4.42 Å². The Labute approximate surface area is 77.8 Å². The van der Waals surface area contributed by atoms with Crippen LogP contribution in [-0.4, -0.2) is 4.57 Å². The molecule has 0 aromatic carbocycles. The molecule has 0 fully saturated rings. The summed E-state index contributed by atoms with van der Waals surface area (Å²) in [4.78, 5) is 0. The molecule has 2 nitrogen and oxygen atoms in total. The minimum Gasteiger partial charge on any atom is -0.464 e. The minimum absolute atomic E-state index is 0.281. The Morgan fingerprint density at radius 1 is 1.23 bits per heavy atom. The molecule has 2 aromatic heterocycles. The summed E-state index contributed by atoms with van der Waals surface area (Å²) in [6.07, 6.45) is 4.09. The van der Waals surface area contributed by atoms with E-state index in [-0.39, 0.29) is 6.04 Å². The third-order valence-electron chi connectivity index (χ3n) is 2.25. The lowest BCUT2D eigenvalue weighted by Crippen LogP contribution is -2.02. The van der Waals surface area contributed by atoms with Crippen LogP contribution in [0.3, 0.4) is 0 Å². The Kier molecular flexibility index (Phi) is 1.97. The first-order chi connectivity index (χ1) is 6.27. The van der Waals surface area contributed by atoms with Gasteiger partial charge in [0.05, 0.1) is 6.04 Å². The highest BCUT2D eigenvalue weighted by Gasteiger charge is 2.09. The summed E-state index contributed by atoms with van der Waals surface area (Å²) in [6.45, 7) is 4.09. The predicted octanol–water partition coefficient (Wildman–Crippen LogP) is 3.00. The van der Waals surface area contributed by atoms with Crippen LogP contribution >= 0.6 is 0 Å². The quantitative estimate of drug-likeness (QED) is 0.686. The van der Waals surface area contributed by atoms with E-state index in [9.17, 15) is 0 Å². The standard InChI is InChI=1S/C11H13NO/c1-9-5-6-11(13-9)10(2)12-7-3-4-8-12/h3-8,10H,1-2H3. The molecule has 0 radical (unpaired) electrons. The van der Waals surface area contributed by atoms with Crippen LogP contribution in [0.4, 0.5) is 0 Å². The van der Waals surface area contributed by atoms with Gasteiger partial charge >= 0.3 is 0 Å². The zero-order valence-corrected chi connectivity index (χ0v) is 7.90. The number of hydrogen-bond acceptors (Lipinski definition) is 1. The maximum Gasteiger partial charge on any atom is 0.126 e. The second kappa shape index (κ2) is 3.13. The normalized spacial score (nSPS) is 13.1. The first kappa shape index (κ1) is 8.17. The molecular weight excluding hydrogens is 162 g/mol. The lowest BCUT2D eigenvalue weighted by atomic mass is 10.2. The third kappa shape index (κ3) is 1.52. The Morgan fingerprint density at radius 2 is 1.92 bits per heavy atom. The van der Waals surface area contributed by atoms with Crippen LogP contribution in [0.5, 0.6) is 0 Å². The third-order valence-corrected chi connectivity index (χ3v) is 2.25. The Balaban J connectivity index is 2.28. The summed E-state index contributed by atoms with van der Waals surface area (Å²) in [7, 11) is 0. The van der Waals surface area contributed by atoms with Gasteiger partial charge in [0.25, 0.3) is 0 Å². The SMILES string of the molecule is Cc1ccc(C(C)n2cccc2)o1. The molecule has 13 heavy (non-hydrogen) atoms. The maximum absolute atomic E-state index is 5.55. The molecule has 0 aliphatic rings. The van der Waals surface area contributed by atoms with E-state index in [4.69, 9.17) is 4.42 Å². The first-order valence-electron chi connectivity index (χ1n) is 4.46. The van der Waals surface area contributed by atoms with E-state index in [1.165, 1.54) is 0 Å². The van der Waals surface area contributed by atoms with Crippen LogP contribution in [0.1, 0.15) is 24.5 Å². The second-order valence-corrected chi connectivity index (χ2v) is 3.25. The van der Waals surface area contributed by atoms with Gasteiger partial charge in [-0.25, -0.2) is 0 Å². The van der Waals surface area contributed by atoms with Gasteiger partial charge < -0.3 is 8.98 Å². The molecular formula is C11H13NO. The van der Waals surface area contributed by atoms with Gasteiger partial charge in [-0.15, -0.1) is 0 Å².